The lowest BCUT2D eigenvalue weighted by atomic mass is 9.89. The lowest BCUT2D eigenvalue weighted by molar-refractivity contribution is -0.130. The molecule has 2 rings (SSSR count). The zero-order valence-electron chi connectivity index (χ0n) is 11.1. The Morgan fingerprint density at radius 1 is 1.35 bits per heavy atom. The molecule has 1 unspecified atom stereocenters. The van der Waals surface area contributed by atoms with Gasteiger partial charge in [-0.05, 0) is 24.8 Å². The van der Waals surface area contributed by atoms with E-state index < -0.39 is 0 Å². The van der Waals surface area contributed by atoms with Gasteiger partial charge in [0.25, 0.3) is 0 Å². The van der Waals surface area contributed by atoms with E-state index in [1.54, 1.807) is 13.0 Å². The number of benzene rings is 1. The van der Waals surface area contributed by atoms with Gasteiger partial charge in [0.2, 0.25) is 5.91 Å². The van der Waals surface area contributed by atoms with Crippen LogP contribution in [0.25, 0.3) is 0 Å². The fourth-order valence-electron chi connectivity index (χ4n) is 2.53. The van der Waals surface area contributed by atoms with Crippen LogP contribution in [0.5, 0.6) is 5.75 Å². The molecule has 1 aromatic carbocycles. The van der Waals surface area contributed by atoms with Crippen molar-refractivity contribution in [2.45, 2.75) is 24.6 Å². The molecular formula is C14H16BrCl2NO2. The van der Waals surface area contributed by atoms with E-state index in [0.717, 1.165) is 31.5 Å². The van der Waals surface area contributed by atoms with E-state index >= 15 is 0 Å². The lowest BCUT2D eigenvalue weighted by Crippen LogP contribution is -2.37. The number of phenolic OH excluding ortho intramolecular Hbond substituents is 1. The van der Waals surface area contributed by atoms with Gasteiger partial charge in [-0.15, -0.1) is 0 Å². The van der Waals surface area contributed by atoms with E-state index in [0.29, 0.717) is 16.0 Å². The summed E-state index contributed by atoms with van der Waals surface area (Å²) in [7, 11) is 0. The highest BCUT2D eigenvalue weighted by atomic mass is 79.9. The van der Waals surface area contributed by atoms with E-state index in [9.17, 15) is 9.90 Å². The molecule has 0 saturated carbocycles. The lowest BCUT2D eigenvalue weighted by Gasteiger charge is -2.34. The van der Waals surface area contributed by atoms with E-state index in [1.807, 2.05) is 4.90 Å². The zero-order chi connectivity index (χ0) is 14.9. The highest BCUT2D eigenvalue weighted by molar-refractivity contribution is 9.09. The largest absolute Gasteiger partial charge is 0.508 e. The molecule has 1 aliphatic rings. The van der Waals surface area contributed by atoms with Crippen LogP contribution in [0.2, 0.25) is 10.0 Å². The standard InChI is InChI=1S/C14H16BrCl2NO2/c1-8(19)18-4-2-9(3-5-18)14(15)10-6-11(16)12(17)7-13(10)20/h6-7,9,14,20H,2-5H2,1H3. The quantitative estimate of drug-likeness (QED) is 0.772. The van der Waals surface area contributed by atoms with Gasteiger partial charge in [0.05, 0.1) is 10.0 Å². The van der Waals surface area contributed by atoms with Crippen molar-refractivity contribution in [3.8, 4) is 5.75 Å². The molecule has 0 radical (unpaired) electrons. The van der Waals surface area contributed by atoms with Crippen LogP contribution < -0.4 is 0 Å². The van der Waals surface area contributed by atoms with Crippen LogP contribution in [0.4, 0.5) is 0 Å². The summed E-state index contributed by atoms with van der Waals surface area (Å²) < 4.78 is 0. The van der Waals surface area contributed by atoms with Crippen molar-refractivity contribution in [2.24, 2.45) is 5.92 Å². The van der Waals surface area contributed by atoms with Crippen LogP contribution in [0.3, 0.4) is 0 Å². The summed E-state index contributed by atoms with van der Waals surface area (Å²) in [5.41, 5.74) is 0.751. The van der Waals surface area contributed by atoms with Crippen LogP contribution in [0.1, 0.15) is 30.2 Å². The van der Waals surface area contributed by atoms with Gasteiger partial charge in [0.1, 0.15) is 5.75 Å². The van der Waals surface area contributed by atoms with E-state index in [-0.39, 0.29) is 16.5 Å². The molecule has 20 heavy (non-hydrogen) atoms. The first kappa shape index (κ1) is 15.9. The summed E-state index contributed by atoms with van der Waals surface area (Å²) in [6, 6.07) is 3.17. The second-order valence-corrected chi connectivity index (χ2v) is 6.87. The minimum Gasteiger partial charge on any atom is -0.508 e. The second-order valence-electron chi connectivity index (χ2n) is 5.07. The Bertz CT molecular complexity index is 516. The number of hydrogen-bond donors (Lipinski definition) is 1. The number of phenols is 1. The number of carbonyl (C=O) groups excluding carboxylic acids is 1. The Labute approximate surface area is 137 Å². The van der Waals surface area contributed by atoms with Gasteiger partial charge in [-0.2, -0.15) is 0 Å². The second kappa shape index (κ2) is 6.54. The van der Waals surface area contributed by atoms with Crippen LogP contribution in [0.15, 0.2) is 12.1 Å². The summed E-state index contributed by atoms with van der Waals surface area (Å²) >= 11 is 15.5. The maximum absolute atomic E-state index is 11.3. The van der Waals surface area contributed by atoms with Crippen molar-refractivity contribution in [1.82, 2.24) is 4.90 Å². The van der Waals surface area contributed by atoms with Gasteiger partial charge in [0.15, 0.2) is 0 Å². The maximum Gasteiger partial charge on any atom is 0.219 e. The molecule has 3 nitrogen and oxygen atoms in total. The first-order valence-corrected chi connectivity index (χ1v) is 8.14. The smallest absolute Gasteiger partial charge is 0.219 e. The number of nitrogens with zero attached hydrogens (tertiary/aromatic N) is 1. The van der Waals surface area contributed by atoms with Gasteiger partial charge >= 0.3 is 0 Å². The third kappa shape index (κ3) is 3.41. The van der Waals surface area contributed by atoms with E-state index in [4.69, 9.17) is 23.2 Å². The average molecular weight is 381 g/mol. The molecule has 1 aromatic rings. The van der Waals surface area contributed by atoms with E-state index in [1.165, 1.54) is 6.07 Å². The van der Waals surface area contributed by atoms with Crippen LogP contribution in [0, 0.1) is 5.92 Å². The molecule has 0 aromatic heterocycles. The highest BCUT2D eigenvalue weighted by Gasteiger charge is 2.28. The molecule has 1 heterocycles. The molecule has 0 bridgehead atoms. The van der Waals surface area contributed by atoms with Crippen LogP contribution in [-0.4, -0.2) is 29.0 Å². The van der Waals surface area contributed by atoms with Crippen molar-refractivity contribution in [2.75, 3.05) is 13.1 Å². The molecule has 0 spiro atoms. The molecule has 1 atom stereocenters. The summed E-state index contributed by atoms with van der Waals surface area (Å²) in [5.74, 6) is 0.621. The molecule has 1 fully saturated rings. The molecule has 1 N–H and O–H groups in total. The molecule has 1 saturated heterocycles. The molecule has 0 aliphatic carbocycles. The third-order valence-electron chi connectivity index (χ3n) is 3.77. The van der Waals surface area contributed by atoms with Crippen LogP contribution in [-0.2, 0) is 4.79 Å². The zero-order valence-corrected chi connectivity index (χ0v) is 14.2. The Morgan fingerprint density at radius 3 is 2.45 bits per heavy atom. The van der Waals surface area contributed by atoms with Gasteiger partial charge < -0.3 is 10.0 Å². The Balaban J connectivity index is 2.11. The van der Waals surface area contributed by atoms with Crippen molar-refractivity contribution in [3.63, 3.8) is 0 Å². The maximum atomic E-state index is 11.3. The first-order valence-electron chi connectivity index (χ1n) is 6.47. The van der Waals surface area contributed by atoms with E-state index in [2.05, 4.69) is 15.9 Å². The first-order chi connectivity index (χ1) is 9.40. The van der Waals surface area contributed by atoms with Crippen molar-refractivity contribution in [3.05, 3.63) is 27.7 Å². The number of likely N-dealkylation sites (tertiary alicyclic amines) is 1. The Morgan fingerprint density at radius 2 is 1.90 bits per heavy atom. The number of aromatic hydroxyl groups is 1. The minimum absolute atomic E-state index is 0.00590. The monoisotopic (exact) mass is 379 g/mol. The highest BCUT2D eigenvalue weighted by Crippen LogP contribution is 2.43. The summed E-state index contributed by atoms with van der Waals surface area (Å²) in [5, 5.41) is 10.8. The number of carbonyl (C=O) groups is 1. The van der Waals surface area contributed by atoms with Gasteiger partial charge in [-0.3, -0.25) is 4.79 Å². The third-order valence-corrected chi connectivity index (χ3v) is 5.73. The number of rotatable bonds is 2. The summed E-state index contributed by atoms with van der Waals surface area (Å²) in [6.45, 7) is 3.10. The van der Waals surface area contributed by atoms with Gasteiger partial charge in [-0.25, -0.2) is 0 Å². The van der Waals surface area contributed by atoms with Gasteiger partial charge in [0, 0.05) is 36.5 Å². The summed E-state index contributed by atoms with van der Waals surface area (Å²) in [6.07, 6.45) is 1.80. The number of hydrogen-bond acceptors (Lipinski definition) is 2. The molecule has 110 valence electrons. The Kier molecular flexibility index (Phi) is 5.21. The van der Waals surface area contributed by atoms with Crippen molar-refractivity contribution < 1.29 is 9.90 Å². The predicted molar refractivity (Wildman–Crippen MR) is 84.8 cm³/mol. The van der Waals surface area contributed by atoms with Crippen LogP contribution >= 0.6 is 39.1 Å². The van der Waals surface area contributed by atoms with Crippen molar-refractivity contribution >= 4 is 45.0 Å². The minimum atomic E-state index is 0.00590. The van der Waals surface area contributed by atoms with Gasteiger partial charge in [-0.1, -0.05) is 39.1 Å². The molecule has 1 amide bonds. The topological polar surface area (TPSA) is 40.5 Å². The fourth-order valence-corrected chi connectivity index (χ4v) is 3.76. The Hall–Kier alpha value is -0.450. The summed E-state index contributed by atoms with van der Waals surface area (Å²) in [4.78, 5) is 13.2. The molecule has 1 aliphatic heterocycles. The normalized spacial score (nSPS) is 18.1. The average Bonchev–Trinajstić information content (AvgIpc) is 2.42. The number of halogens is 3. The van der Waals surface area contributed by atoms with Crippen molar-refractivity contribution in [1.29, 1.82) is 0 Å². The number of piperidine rings is 1. The SMILES string of the molecule is CC(=O)N1CCC(C(Br)c2cc(Cl)c(Cl)cc2O)CC1. The molecule has 6 heteroatoms. The molecular weight excluding hydrogens is 365 g/mol. The number of amides is 1. The fraction of sp³-hybridized carbons (Fsp3) is 0.500. The number of alkyl halides is 1. The predicted octanol–water partition coefficient (Wildman–Crippen LogP) is 4.39.